The molecule has 0 unspecified atom stereocenters. The van der Waals surface area contributed by atoms with Crippen LogP contribution in [-0.2, 0) is 23.1 Å². The Bertz CT molecular complexity index is 1380. The second kappa shape index (κ2) is 8.58. The van der Waals surface area contributed by atoms with E-state index in [9.17, 15) is 23.6 Å². The fourth-order valence-electron chi connectivity index (χ4n) is 4.68. The lowest BCUT2D eigenvalue weighted by molar-refractivity contribution is -0.123. The van der Waals surface area contributed by atoms with E-state index >= 15 is 0 Å². The molecule has 2 amide bonds. The highest BCUT2D eigenvalue weighted by atomic mass is 19.1. The number of carbonyl (C=O) groups excluding carboxylic acids is 2. The molecule has 0 spiro atoms. The van der Waals surface area contributed by atoms with Crippen LogP contribution in [0.25, 0.3) is 11.1 Å². The molecule has 10 heteroatoms. The van der Waals surface area contributed by atoms with Crippen LogP contribution < -0.4 is 10.2 Å². The standard InChI is InChI=1S/C25H22F2N6O2/c1-32-13-17(11-30-32)16-6-15(7-19(26)9-16)8-23(34)31-22-10-21(20(27)12-29-22)33-5-4-25(14-28,24(33)35)18-2-3-18/h6-7,9-13,18H,2-5,8H2,1H3,(H,29,31,34)/t25-/m1/s1. The highest BCUT2D eigenvalue weighted by molar-refractivity contribution is 6.02. The predicted molar refractivity (Wildman–Crippen MR) is 123 cm³/mol. The summed E-state index contributed by atoms with van der Waals surface area (Å²) < 4.78 is 30.4. The Kier molecular flexibility index (Phi) is 5.55. The molecule has 1 aliphatic carbocycles. The number of benzene rings is 1. The minimum atomic E-state index is -1.11. The van der Waals surface area contributed by atoms with Crippen LogP contribution in [0.1, 0.15) is 24.8 Å². The first kappa shape index (κ1) is 22.7. The maximum absolute atomic E-state index is 14.6. The number of hydrogen-bond acceptors (Lipinski definition) is 5. The molecule has 0 radical (unpaired) electrons. The van der Waals surface area contributed by atoms with E-state index in [4.69, 9.17) is 0 Å². The average molecular weight is 476 g/mol. The zero-order chi connectivity index (χ0) is 24.7. The van der Waals surface area contributed by atoms with Crippen LogP contribution in [0.5, 0.6) is 0 Å². The summed E-state index contributed by atoms with van der Waals surface area (Å²) in [5.41, 5.74) is 0.618. The van der Waals surface area contributed by atoms with Gasteiger partial charge in [0.05, 0.1) is 30.6 Å². The van der Waals surface area contributed by atoms with Gasteiger partial charge < -0.3 is 10.2 Å². The van der Waals surface area contributed by atoms with Crippen LogP contribution in [0.3, 0.4) is 0 Å². The number of carbonyl (C=O) groups is 2. The first-order valence-corrected chi connectivity index (χ1v) is 11.3. The van der Waals surface area contributed by atoms with Crippen LogP contribution in [0, 0.1) is 34.3 Å². The van der Waals surface area contributed by atoms with E-state index in [-0.39, 0.29) is 30.4 Å². The smallest absolute Gasteiger partial charge is 0.247 e. The number of amides is 2. The van der Waals surface area contributed by atoms with Gasteiger partial charge in [0.2, 0.25) is 11.8 Å². The summed E-state index contributed by atoms with van der Waals surface area (Å²) in [7, 11) is 1.75. The molecular weight excluding hydrogens is 454 g/mol. The van der Waals surface area contributed by atoms with Gasteiger partial charge in [0.1, 0.15) is 17.1 Å². The molecule has 2 aromatic heterocycles. The number of halogens is 2. The summed E-state index contributed by atoms with van der Waals surface area (Å²) in [6, 6.07) is 7.79. The van der Waals surface area contributed by atoms with Crippen molar-refractivity contribution in [3.8, 4) is 17.2 Å². The topological polar surface area (TPSA) is 104 Å². The van der Waals surface area contributed by atoms with E-state index in [0.29, 0.717) is 23.1 Å². The molecule has 1 N–H and O–H groups in total. The van der Waals surface area contributed by atoms with Crippen molar-refractivity contribution < 1.29 is 18.4 Å². The van der Waals surface area contributed by atoms with Crippen molar-refractivity contribution in [3.63, 3.8) is 0 Å². The number of nitrogens with zero attached hydrogens (tertiary/aromatic N) is 5. The number of nitrogens with one attached hydrogen (secondary N) is 1. The molecule has 1 aliphatic heterocycles. The average Bonchev–Trinajstić information content (AvgIpc) is 3.49. The molecule has 1 saturated carbocycles. The largest absolute Gasteiger partial charge is 0.310 e. The van der Waals surface area contributed by atoms with Gasteiger partial charge in [-0.1, -0.05) is 6.07 Å². The number of aryl methyl sites for hydroxylation is 1. The Balaban J connectivity index is 1.32. The fraction of sp³-hybridized carbons (Fsp3) is 0.320. The van der Waals surface area contributed by atoms with Gasteiger partial charge in [0.15, 0.2) is 5.82 Å². The fourth-order valence-corrected chi connectivity index (χ4v) is 4.68. The first-order chi connectivity index (χ1) is 16.8. The van der Waals surface area contributed by atoms with Gasteiger partial charge in [0.25, 0.3) is 0 Å². The first-order valence-electron chi connectivity index (χ1n) is 11.3. The van der Waals surface area contributed by atoms with Crippen molar-refractivity contribution in [2.45, 2.75) is 25.7 Å². The van der Waals surface area contributed by atoms with Crippen LogP contribution >= 0.6 is 0 Å². The van der Waals surface area contributed by atoms with Crippen molar-refractivity contribution >= 4 is 23.3 Å². The summed E-state index contributed by atoms with van der Waals surface area (Å²) >= 11 is 0. The molecule has 1 saturated heterocycles. The molecular formula is C25H22F2N6O2. The third-order valence-electron chi connectivity index (χ3n) is 6.58. The third-order valence-corrected chi connectivity index (χ3v) is 6.58. The van der Waals surface area contributed by atoms with Crippen molar-refractivity contribution in [2.75, 3.05) is 16.8 Å². The van der Waals surface area contributed by atoms with E-state index in [1.54, 1.807) is 30.2 Å². The van der Waals surface area contributed by atoms with Gasteiger partial charge in [-0.05, 0) is 48.4 Å². The van der Waals surface area contributed by atoms with Crippen molar-refractivity contribution in [2.24, 2.45) is 18.4 Å². The van der Waals surface area contributed by atoms with E-state index < -0.39 is 28.9 Å². The van der Waals surface area contributed by atoms with Gasteiger partial charge in [0, 0.05) is 31.4 Å². The molecule has 1 aromatic carbocycles. The van der Waals surface area contributed by atoms with Gasteiger partial charge in [-0.2, -0.15) is 10.4 Å². The van der Waals surface area contributed by atoms with E-state index in [1.165, 1.54) is 23.1 Å². The number of aromatic nitrogens is 3. The number of nitriles is 1. The van der Waals surface area contributed by atoms with Crippen LogP contribution in [0.2, 0.25) is 0 Å². The summed E-state index contributed by atoms with van der Waals surface area (Å²) in [6.07, 6.45) is 6.12. The van der Waals surface area contributed by atoms with Crippen LogP contribution in [-0.4, -0.2) is 33.1 Å². The zero-order valence-corrected chi connectivity index (χ0v) is 19.0. The van der Waals surface area contributed by atoms with Crippen molar-refractivity contribution in [3.05, 3.63) is 60.1 Å². The number of anilines is 2. The third kappa shape index (κ3) is 4.25. The Morgan fingerprint density at radius 3 is 2.71 bits per heavy atom. The Morgan fingerprint density at radius 2 is 2.03 bits per heavy atom. The van der Waals surface area contributed by atoms with Crippen molar-refractivity contribution in [1.29, 1.82) is 5.26 Å². The lowest BCUT2D eigenvalue weighted by Crippen LogP contribution is -2.35. The molecule has 5 rings (SSSR count). The molecule has 3 heterocycles. The lowest BCUT2D eigenvalue weighted by Gasteiger charge is -2.21. The quantitative estimate of drug-likeness (QED) is 0.586. The number of rotatable bonds is 6. The highest BCUT2D eigenvalue weighted by Gasteiger charge is 2.57. The molecule has 178 valence electrons. The minimum absolute atomic E-state index is 0.0110. The molecule has 2 fully saturated rings. The SMILES string of the molecule is Cn1cc(-c2cc(F)cc(CC(=O)Nc3cc(N4CC[C@@](C#N)(C5CC5)C4=O)c(F)cn3)c2)cn1. The summed E-state index contributed by atoms with van der Waals surface area (Å²) in [4.78, 5) is 30.9. The number of hydrogen-bond donors (Lipinski definition) is 1. The predicted octanol–water partition coefficient (Wildman–Crippen LogP) is 3.60. The van der Waals surface area contributed by atoms with Gasteiger partial charge in [-0.25, -0.2) is 13.8 Å². The molecule has 35 heavy (non-hydrogen) atoms. The van der Waals surface area contributed by atoms with Gasteiger partial charge in [-0.15, -0.1) is 0 Å². The zero-order valence-electron chi connectivity index (χ0n) is 19.0. The lowest BCUT2D eigenvalue weighted by atomic mass is 9.83. The normalized spacial score (nSPS) is 19.6. The monoisotopic (exact) mass is 476 g/mol. The Hall–Kier alpha value is -4.13. The molecule has 2 aliphatic rings. The van der Waals surface area contributed by atoms with Gasteiger partial charge >= 0.3 is 0 Å². The van der Waals surface area contributed by atoms with E-state index in [2.05, 4.69) is 21.5 Å². The van der Waals surface area contributed by atoms with E-state index in [0.717, 1.165) is 19.0 Å². The number of pyridine rings is 1. The van der Waals surface area contributed by atoms with Crippen molar-refractivity contribution in [1.82, 2.24) is 14.8 Å². The highest BCUT2D eigenvalue weighted by Crippen LogP contribution is 2.52. The van der Waals surface area contributed by atoms with Crippen LogP contribution in [0.15, 0.2) is 42.9 Å². The molecule has 3 aromatic rings. The minimum Gasteiger partial charge on any atom is -0.310 e. The molecule has 8 nitrogen and oxygen atoms in total. The molecule has 1 atom stereocenters. The summed E-state index contributed by atoms with van der Waals surface area (Å²) in [5, 5.41) is 16.3. The van der Waals surface area contributed by atoms with Crippen LogP contribution in [0.4, 0.5) is 20.3 Å². The second-order valence-corrected chi connectivity index (χ2v) is 9.06. The van der Waals surface area contributed by atoms with Gasteiger partial charge in [-0.3, -0.25) is 14.3 Å². The Morgan fingerprint density at radius 1 is 1.23 bits per heavy atom. The maximum atomic E-state index is 14.6. The summed E-state index contributed by atoms with van der Waals surface area (Å²) in [6.45, 7) is 0.220. The maximum Gasteiger partial charge on any atom is 0.247 e. The molecule has 0 bridgehead atoms. The summed E-state index contributed by atoms with van der Waals surface area (Å²) in [5.74, 6) is -2.02. The Labute approximate surface area is 200 Å². The second-order valence-electron chi connectivity index (χ2n) is 9.06. The van der Waals surface area contributed by atoms with E-state index in [1.807, 2.05) is 0 Å².